The van der Waals surface area contributed by atoms with E-state index in [9.17, 15) is 4.79 Å². The maximum absolute atomic E-state index is 12.5. The lowest BCUT2D eigenvalue weighted by atomic mass is 10.1. The maximum Gasteiger partial charge on any atom is 0.251 e. The zero-order valence-corrected chi connectivity index (χ0v) is 17.2. The van der Waals surface area contributed by atoms with Crippen LogP contribution in [0.1, 0.15) is 21.7 Å². The number of hydrogen-bond acceptors (Lipinski definition) is 7. The van der Waals surface area contributed by atoms with Crippen LogP contribution in [0, 0.1) is 0 Å². The lowest BCUT2D eigenvalue weighted by Crippen LogP contribution is -2.26. The number of nitrogens with two attached hydrogens (primary N) is 1. The van der Waals surface area contributed by atoms with E-state index in [1.165, 1.54) is 13.4 Å². The van der Waals surface area contributed by atoms with Crippen molar-refractivity contribution in [3.8, 4) is 23.0 Å². The Hall–Kier alpha value is -3.59. The van der Waals surface area contributed by atoms with Crippen LogP contribution < -0.4 is 25.3 Å². The van der Waals surface area contributed by atoms with Crippen molar-refractivity contribution < 1.29 is 19.0 Å². The van der Waals surface area contributed by atoms with Crippen molar-refractivity contribution in [1.82, 2.24) is 20.1 Å². The molecule has 30 heavy (non-hydrogen) atoms. The van der Waals surface area contributed by atoms with Crippen LogP contribution in [0.25, 0.3) is 0 Å². The maximum atomic E-state index is 12.5. The van der Waals surface area contributed by atoms with Crippen molar-refractivity contribution in [2.24, 2.45) is 12.8 Å². The average Bonchev–Trinajstić information content (AvgIpc) is 3.18. The van der Waals surface area contributed by atoms with Gasteiger partial charge >= 0.3 is 0 Å². The third-order valence-corrected chi connectivity index (χ3v) is 4.55. The Labute approximate surface area is 174 Å². The molecule has 2 aromatic carbocycles. The molecule has 9 nitrogen and oxygen atoms in total. The number of nitrogens with zero attached hydrogens (tertiary/aromatic N) is 3. The molecule has 1 heterocycles. The van der Waals surface area contributed by atoms with E-state index in [4.69, 9.17) is 19.9 Å². The molecule has 0 aliphatic rings. The summed E-state index contributed by atoms with van der Waals surface area (Å²) < 4.78 is 18.4. The number of aromatic nitrogens is 3. The van der Waals surface area contributed by atoms with Crippen LogP contribution in [0.3, 0.4) is 0 Å². The van der Waals surface area contributed by atoms with Crippen molar-refractivity contribution in [2.75, 3.05) is 20.8 Å². The zero-order chi connectivity index (χ0) is 21.5. The van der Waals surface area contributed by atoms with Gasteiger partial charge in [-0.25, -0.2) is 4.98 Å². The summed E-state index contributed by atoms with van der Waals surface area (Å²) in [6.07, 6.45) is 2.07. The Balaban J connectivity index is 1.70. The van der Waals surface area contributed by atoms with Gasteiger partial charge in [0.2, 0.25) is 0 Å². The molecule has 0 spiro atoms. The fourth-order valence-electron chi connectivity index (χ4n) is 2.87. The van der Waals surface area contributed by atoms with Crippen LogP contribution >= 0.6 is 0 Å². The van der Waals surface area contributed by atoms with E-state index < -0.39 is 0 Å². The van der Waals surface area contributed by atoms with Crippen LogP contribution in [0.4, 0.5) is 0 Å². The van der Waals surface area contributed by atoms with Crippen molar-refractivity contribution in [3.63, 3.8) is 0 Å². The molecule has 0 saturated heterocycles. The Morgan fingerprint density at radius 2 is 1.77 bits per heavy atom. The number of benzene rings is 2. The number of carbonyl (C=O) groups excluding carboxylic acids is 1. The van der Waals surface area contributed by atoms with Crippen molar-refractivity contribution in [3.05, 3.63) is 59.7 Å². The second-order valence-electron chi connectivity index (χ2n) is 6.46. The molecule has 0 aliphatic carbocycles. The first-order chi connectivity index (χ1) is 14.5. The Morgan fingerprint density at radius 3 is 2.40 bits per heavy atom. The second-order valence-corrected chi connectivity index (χ2v) is 6.46. The van der Waals surface area contributed by atoms with Crippen LogP contribution in [0.15, 0.2) is 42.7 Å². The molecule has 0 unspecified atom stereocenters. The summed E-state index contributed by atoms with van der Waals surface area (Å²) in [6, 6.07) is 10.5. The highest BCUT2D eigenvalue weighted by Gasteiger charge is 2.14. The van der Waals surface area contributed by atoms with Gasteiger partial charge in [0.1, 0.15) is 12.2 Å². The Bertz CT molecular complexity index is 1020. The van der Waals surface area contributed by atoms with Crippen LogP contribution in [-0.4, -0.2) is 41.4 Å². The zero-order valence-electron chi connectivity index (χ0n) is 17.2. The van der Waals surface area contributed by atoms with E-state index in [1.807, 2.05) is 19.2 Å². The van der Waals surface area contributed by atoms with Crippen molar-refractivity contribution in [1.29, 1.82) is 0 Å². The first-order valence-corrected chi connectivity index (χ1v) is 9.39. The number of hydrogen-bond donors (Lipinski definition) is 2. The Kier molecular flexibility index (Phi) is 6.87. The molecule has 158 valence electrons. The van der Waals surface area contributed by atoms with E-state index in [-0.39, 0.29) is 5.91 Å². The van der Waals surface area contributed by atoms with Gasteiger partial charge in [0.05, 0.1) is 14.2 Å². The third kappa shape index (κ3) is 4.87. The molecule has 0 radical (unpaired) electrons. The minimum atomic E-state index is -0.216. The lowest BCUT2D eigenvalue weighted by molar-refractivity contribution is 0.0953. The largest absolute Gasteiger partial charge is 0.493 e. The minimum Gasteiger partial charge on any atom is -0.493 e. The molecule has 1 aromatic heterocycles. The van der Waals surface area contributed by atoms with Crippen molar-refractivity contribution in [2.45, 2.75) is 13.0 Å². The normalized spacial score (nSPS) is 10.5. The monoisotopic (exact) mass is 411 g/mol. The predicted molar refractivity (Wildman–Crippen MR) is 111 cm³/mol. The predicted octanol–water partition coefficient (Wildman–Crippen LogP) is 2.06. The van der Waals surface area contributed by atoms with E-state index in [0.29, 0.717) is 48.1 Å². The Morgan fingerprint density at radius 1 is 1.07 bits per heavy atom. The van der Waals surface area contributed by atoms with Crippen molar-refractivity contribution >= 4 is 5.91 Å². The molecule has 0 fully saturated rings. The molecule has 3 rings (SSSR count). The quantitative estimate of drug-likeness (QED) is 0.554. The van der Waals surface area contributed by atoms with Crippen LogP contribution in [0.2, 0.25) is 0 Å². The minimum absolute atomic E-state index is 0.216. The summed E-state index contributed by atoms with van der Waals surface area (Å²) in [5, 5.41) is 6.88. The topological polar surface area (TPSA) is 114 Å². The number of methoxy groups -OCH3 is 2. The fraction of sp³-hybridized carbons (Fsp3) is 0.286. The molecule has 0 atom stereocenters. The van der Waals surface area contributed by atoms with Gasteiger partial charge < -0.3 is 25.3 Å². The molecule has 1 amide bonds. The van der Waals surface area contributed by atoms with E-state index in [1.54, 1.807) is 36.1 Å². The standard InChI is InChI=1S/C21H25N5O4/c1-26-20(24-13-25-26)8-9-23-21(27)15-5-7-17(19(11-15)29-3)30-16-6-4-14(12-22)10-18(16)28-2/h4-7,10-11,13H,8-9,12,22H2,1-3H3,(H,23,27). The van der Waals surface area contributed by atoms with E-state index in [0.717, 1.165) is 11.4 Å². The lowest BCUT2D eigenvalue weighted by Gasteiger charge is -2.15. The van der Waals surface area contributed by atoms with Gasteiger partial charge in [-0.3, -0.25) is 9.48 Å². The summed E-state index contributed by atoms with van der Waals surface area (Å²) in [4.78, 5) is 16.6. The molecular weight excluding hydrogens is 386 g/mol. The summed E-state index contributed by atoms with van der Waals surface area (Å²) in [5.41, 5.74) is 7.07. The van der Waals surface area contributed by atoms with Gasteiger partial charge in [-0.1, -0.05) is 6.07 Å². The van der Waals surface area contributed by atoms with Gasteiger partial charge in [-0.2, -0.15) is 5.10 Å². The molecule has 9 heteroatoms. The summed E-state index contributed by atoms with van der Waals surface area (Å²) >= 11 is 0. The summed E-state index contributed by atoms with van der Waals surface area (Å²) in [5.74, 6) is 2.56. The van der Waals surface area contributed by atoms with E-state index in [2.05, 4.69) is 15.4 Å². The molecule has 3 N–H and O–H groups in total. The molecule has 0 aliphatic heterocycles. The van der Waals surface area contributed by atoms with Gasteiger partial charge in [0.25, 0.3) is 5.91 Å². The average molecular weight is 411 g/mol. The van der Waals surface area contributed by atoms with Gasteiger partial charge in [0.15, 0.2) is 23.0 Å². The van der Waals surface area contributed by atoms with E-state index >= 15 is 0 Å². The number of nitrogens with one attached hydrogen (secondary N) is 1. The first-order valence-electron chi connectivity index (χ1n) is 9.39. The smallest absolute Gasteiger partial charge is 0.251 e. The van der Waals surface area contributed by atoms with Gasteiger partial charge in [0, 0.05) is 32.1 Å². The number of rotatable bonds is 9. The SMILES string of the molecule is COc1cc(CN)ccc1Oc1ccc(C(=O)NCCc2ncnn2C)cc1OC. The molecule has 0 bridgehead atoms. The number of aryl methyl sites for hydroxylation is 1. The highest BCUT2D eigenvalue weighted by atomic mass is 16.5. The summed E-state index contributed by atoms with van der Waals surface area (Å²) in [7, 11) is 4.90. The molecular formula is C21H25N5O4. The van der Waals surface area contributed by atoms with Gasteiger partial charge in [-0.15, -0.1) is 0 Å². The highest BCUT2D eigenvalue weighted by Crippen LogP contribution is 2.37. The van der Waals surface area contributed by atoms with Gasteiger partial charge in [-0.05, 0) is 35.9 Å². The highest BCUT2D eigenvalue weighted by molar-refractivity contribution is 5.94. The first kappa shape index (κ1) is 21.1. The second kappa shape index (κ2) is 9.75. The molecule has 0 saturated carbocycles. The number of amides is 1. The number of carbonyl (C=O) groups is 1. The third-order valence-electron chi connectivity index (χ3n) is 4.55. The number of ether oxygens (including phenoxy) is 3. The summed E-state index contributed by atoms with van der Waals surface area (Å²) in [6.45, 7) is 0.844. The van der Waals surface area contributed by atoms with Crippen LogP contribution in [-0.2, 0) is 20.0 Å². The fourth-order valence-corrected chi connectivity index (χ4v) is 2.87. The molecule has 3 aromatic rings. The van der Waals surface area contributed by atoms with Crippen LogP contribution in [0.5, 0.6) is 23.0 Å².